The molecule has 0 spiro atoms. The number of primary amides is 1. The molecule has 1 heterocycles. The molecular weight excluding hydrogens is 506 g/mol. The van der Waals surface area contributed by atoms with E-state index in [0.717, 1.165) is 0 Å². The van der Waals surface area contributed by atoms with Crippen molar-refractivity contribution < 1.29 is 29.1 Å². The van der Waals surface area contributed by atoms with Gasteiger partial charge in [-0.25, -0.2) is 0 Å². The van der Waals surface area contributed by atoms with Crippen molar-refractivity contribution >= 4 is 46.7 Å². The van der Waals surface area contributed by atoms with Crippen molar-refractivity contribution in [2.75, 3.05) is 22.9 Å². The van der Waals surface area contributed by atoms with Crippen molar-refractivity contribution in [2.24, 2.45) is 11.5 Å². The first-order valence-corrected chi connectivity index (χ1v) is 12.5. The summed E-state index contributed by atoms with van der Waals surface area (Å²) in [5, 5.41) is 20.3. The number of carboxylic acid groups (broad SMARTS) is 1. The quantitative estimate of drug-likeness (QED) is 0.172. The van der Waals surface area contributed by atoms with Crippen molar-refractivity contribution in [1.29, 1.82) is 0 Å². The van der Waals surface area contributed by atoms with Crippen LogP contribution in [0.3, 0.4) is 0 Å². The summed E-state index contributed by atoms with van der Waals surface area (Å²) < 4.78 is 0. The van der Waals surface area contributed by atoms with E-state index in [9.17, 15) is 29.1 Å². The second-order valence-electron chi connectivity index (χ2n) is 9.19. The lowest BCUT2D eigenvalue weighted by molar-refractivity contribution is -0.137. The van der Waals surface area contributed by atoms with Gasteiger partial charge in [0.1, 0.15) is 12.1 Å². The van der Waals surface area contributed by atoms with Crippen LogP contribution in [0.1, 0.15) is 58.4 Å². The number of nitrogen functional groups attached to an aromatic ring is 1. The van der Waals surface area contributed by atoms with Crippen LogP contribution in [-0.2, 0) is 20.9 Å². The van der Waals surface area contributed by atoms with Gasteiger partial charge >= 0.3 is 5.97 Å². The molecule has 1 unspecified atom stereocenters. The van der Waals surface area contributed by atoms with E-state index in [-0.39, 0.29) is 30.5 Å². The van der Waals surface area contributed by atoms with Crippen molar-refractivity contribution in [3.63, 3.8) is 0 Å². The van der Waals surface area contributed by atoms with Gasteiger partial charge in [0.2, 0.25) is 17.7 Å². The summed E-state index contributed by atoms with van der Waals surface area (Å²) >= 11 is 0. The third-order valence-corrected chi connectivity index (χ3v) is 6.26. The maximum absolute atomic E-state index is 13.4. The van der Waals surface area contributed by atoms with Crippen molar-refractivity contribution in [1.82, 2.24) is 10.6 Å². The van der Waals surface area contributed by atoms with Gasteiger partial charge in [-0.05, 0) is 68.1 Å². The van der Waals surface area contributed by atoms with Crippen LogP contribution < -0.4 is 38.5 Å². The van der Waals surface area contributed by atoms with Gasteiger partial charge < -0.3 is 43.6 Å². The minimum Gasteiger partial charge on any atom is -0.481 e. The normalized spacial score (nSPS) is 17.8. The number of rotatable bonds is 8. The van der Waals surface area contributed by atoms with Crippen molar-refractivity contribution in [3.8, 4) is 0 Å². The minimum absolute atomic E-state index is 0.138. The number of hydrogen-bond donors (Lipinski definition) is 8. The molecule has 3 rings (SSSR count). The smallest absolute Gasteiger partial charge is 0.303 e. The van der Waals surface area contributed by atoms with Crippen LogP contribution in [-0.4, -0.2) is 53.3 Å². The Morgan fingerprint density at radius 1 is 0.923 bits per heavy atom. The first kappa shape index (κ1) is 28.9. The van der Waals surface area contributed by atoms with Gasteiger partial charge in [-0.15, -0.1) is 0 Å². The summed E-state index contributed by atoms with van der Waals surface area (Å²) in [4.78, 5) is 62.9. The highest BCUT2D eigenvalue weighted by Gasteiger charge is 2.29. The number of carbonyl (C=O) groups is 5. The van der Waals surface area contributed by atoms with Gasteiger partial charge in [0, 0.05) is 35.6 Å². The van der Waals surface area contributed by atoms with Gasteiger partial charge in [-0.1, -0.05) is 6.07 Å². The fourth-order valence-electron chi connectivity index (χ4n) is 4.12. The van der Waals surface area contributed by atoms with Crippen LogP contribution in [0.2, 0.25) is 0 Å². The summed E-state index contributed by atoms with van der Waals surface area (Å²) in [6.07, 6.45) is 0.747. The number of benzene rings is 2. The number of nitrogens with one attached hydrogen (secondary N) is 4. The number of unbranched alkanes of at least 4 members (excludes halogenated alkanes) is 1. The molecule has 13 heteroatoms. The highest BCUT2D eigenvalue weighted by Crippen LogP contribution is 2.24. The van der Waals surface area contributed by atoms with Crippen molar-refractivity contribution in [3.05, 3.63) is 53.1 Å². The lowest BCUT2D eigenvalue weighted by Crippen LogP contribution is -2.53. The number of aliphatic carboxylic acids is 1. The van der Waals surface area contributed by atoms with E-state index in [2.05, 4.69) is 21.3 Å². The molecule has 0 bridgehead atoms. The van der Waals surface area contributed by atoms with E-state index in [4.69, 9.17) is 17.2 Å². The molecule has 11 N–H and O–H groups in total. The van der Waals surface area contributed by atoms with E-state index >= 15 is 0 Å². The Labute approximate surface area is 224 Å². The molecule has 39 heavy (non-hydrogen) atoms. The molecule has 0 aromatic heterocycles. The fraction of sp³-hybridized carbons (Fsp3) is 0.346. The predicted octanol–water partition coefficient (Wildman–Crippen LogP) is 0.509. The van der Waals surface area contributed by atoms with Crippen LogP contribution in [0.5, 0.6) is 0 Å². The molecule has 13 nitrogen and oxygen atoms in total. The molecule has 0 radical (unpaired) electrons. The Balaban J connectivity index is 2.07. The molecule has 2 atom stereocenters. The summed E-state index contributed by atoms with van der Waals surface area (Å²) in [6.45, 7) is 0.532. The van der Waals surface area contributed by atoms with E-state index in [1.165, 1.54) is 18.2 Å². The first-order valence-electron chi connectivity index (χ1n) is 12.5. The molecule has 0 saturated carbocycles. The molecule has 0 fully saturated rings. The standard InChI is InChI=1S/C26H33N7O6/c27-10-2-1-3-19-25(38)33-21-11-14(23(29)36)4-5-15(21)13-30-18-7-6-16(28)12-17(18)24(37)31-20(26(39)32-19)8-9-22(34)35/h4-7,11-12,19-20,30H,1-3,8-10,13,27-28H2,(H2,29,36)(H,31,37)(H,32,39)(H,33,38)(H,34,35)/t19-,20?/m0/s1. The van der Waals surface area contributed by atoms with Gasteiger partial charge in [-0.2, -0.15) is 0 Å². The molecule has 0 aliphatic carbocycles. The van der Waals surface area contributed by atoms with Crippen LogP contribution in [0.25, 0.3) is 0 Å². The molecule has 0 saturated heterocycles. The lowest BCUT2D eigenvalue weighted by Gasteiger charge is -2.25. The number of fused-ring (bicyclic) bond motifs is 2. The monoisotopic (exact) mass is 539 g/mol. The summed E-state index contributed by atoms with van der Waals surface area (Å²) in [5.74, 6) is -3.77. The van der Waals surface area contributed by atoms with Gasteiger partial charge in [-0.3, -0.25) is 24.0 Å². The molecule has 208 valence electrons. The summed E-state index contributed by atoms with van der Waals surface area (Å²) in [7, 11) is 0. The highest BCUT2D eigenvalue weighted by molar-refractivity contribution is 6.04. The molecule has 1 aliphatic rings. The Morgan fingerprint density at radius 3 is 2.36 bits per heavy atom. The third-order valence-electron chi connectivity index (χ3n) is 6.26. The Bertz CT molecular complexity index is 1270. The SMILES string of the molecule is NCCCC[C@@H]1NC(=O)C(CCC(=O)O)NC(=O)c2cc(N)ccc2NCc2ccc(C(N)=O)cc2NC1=O. The topological polar surface area (TPSA) is 232 Å². The summed E-state index contributed by atoms with van der Waals surface area (Å²) in [6, 6.07) is 6.91. The minimum atomic E-state index is -1.25. The van der Waals surface area contributed by atoms with E-state index in [1.54, 1.807) is 18.2 Å². The Kier molecular flexibility index (Phi) is 9.81. The van der Waals surface area contributed by atoms with E-state index in [0.29, 0.717) is 42.0 Å². The second kappa shape index (κ2) is 13.2. The van der Waals surface area contributed by atoms with Crippen molar-refractivity contribution in [2.45, 2.75) is 50.7 Å². The zero-order valence-corrected chi connectivity index (χ0v) is 21.3. The second-order valence-corrected chi connectivity index (χ2v) is 9.19. The number of amides is 4. The maximum Gasteiger partial charge on any atom is 0.303 e. The maximum atomic E-state index is 13.4. The number of hydrogen-bond acceptors (Lipinski definition) is 8. The first-order chi connectivity index (χ1) is 18.6. The van der Waals surface area contributed by atoms with Crippen LogP contribution >= 0.6 is 0 Å². The third kappa shape index (κ3) is 7.92. The number of carbonyl (C=O) groups excluding carboxylic acids is 4. The average molecular weight is 540 g/mol. The fourth-order valence-corrected chi connectivity index (χ4v) is 4.12. The van der Waals surface area contributed by atoms with Gasteiger partial charge in [0.15, 0.2) is 0 Å². The van der Waals surface area contributed by atoms with E-state index in [1.807, 2.05) is 0 Å². The average Bonchev–Trinajstić information content (AvgIpc) is 2.89. The van der Waals surface area contributed by atoms with Gasteiger partial charge in [0.25, 0.3) is 5.91 Å². The van der Waals surface area contributed by atoms with Gasteiger partial charge in [0.05, 0.1) is 5.56 Å². The molecule has 2 aromatic rings. The zero-order valence-electron chi connectivity index (χ0n) is 21.3. The number of anilines is 3. The predicted molar refractivity (Wildman–Crippen MR) is 145 cm³/mol. The number of nitrogens with two attached hydrogens (primary N) is 3. The largest absolute Gasteiger partial charge is 0.481 e. The van der Waals surface area contributed by atoms with Crippen LogP contribution in [0.4, 0.5) is 17.1 Å². The highest BCUT2D eigenvalue weighted by atomic mass is 16.4. The zero-order chi connectivity index (χ0) is 28.5. The Morgan fingerprint density at radius 2 is 1.67 bits per heavy atom. The molecule has 1 aliphatic heterocycles. The van der Waals surface area contributed by atoms with Crippen LogP contribution in [0.15, 0.2) is 36.4 Å². The summed E-state index contributed by atoms with van der Waals surface area (Å²) in [5.41, 5.74) is 18.8. The lowest BCUT2D eigenvalue weighted by atomic mass is 10.0. The molecular formula is C26H33N7O6. The van der Waals surface area contributed by atoms with Crippen LogP contribution in [0, 0.1) is 0 Å². The molecule has 4 amide bonds. The Hall–Kier alpha value is -4.65. The van der Waals surface area contributed by atoms with E-state index < -0.39 is 48.1 Å². The molecule has 2 aromatic carbocycles. The number of carboxylic acids is 1.